The van der Waals surface area contributed by atoms with Crippen LogP contribution in [0.25, 0.3) is 0 Å². The Labute approximate surface area is 122 Å². The summed E-state index contributed by atoms with van der Waals surface area (Å²) in [5.41, 5.74) is 0. The van der Waals surface area contributed by atoms with E-state index in [0.29, 0.717) is 0 Å². The van der Waals surface area contributed by atoms with Crippen molar-refractivity contribution in [3.05, 3.63) is 0 Å². The van der Waals surface area contributed by atoms with Gasteiger partial charge in [0.25, 0.3) is 0 Å². The van der Waals surface area contributed by atoms with Gasteiger partial charge in [-0.25, -0.2) is 0 Å². The lowest BCUT2D eigenvalue weighted by molar-refractivity contribution is 0.532. The Morgan fingerprint density at radius 3 is 0.789 bits per heavy atom. The first kappa shape index (κ1) is 18.9. The molecule has 0 atom stereocenters. The van der Waals surface area contributed by atoms with Crippen LogP contribution < -0.4 is 10.6 Å². The highest BCUT2D eigenvalue weighted by atomic mass is 14.8. The highest BCUT2D eigenvalue weighted by Crippen LogP contribution is 2.12. The third-order valence-corrected chi connectivity index (χ3v) is 3.85. The standard InChI is InChI=1S/C17H38N2/c1-18-16-14-12-10-8-6-4-3-5-7-9-11-13-15-17-19-2/h18-19H,3-17H2,1-2H3. The van der Waals surface area contributed by atoms with Crippen LogP contribution in [-0.4, -0.2) is 27.2 Å². The Balaban J connectivity index is 2.88. The zero-order valence-electron chi connectivity index (χ0n) is 13.6. The fourth-order valence-corrected chi connectivity index (χ4v) is 2.55. The normalized spacial score (nSPS) is 11.1. The van der Waals surface area contributed by atoms with Crippen LogP contribution in [0.1, 0.15) is 83.5 Å². The summed E-state index contributed by atoms with van der Waals surface area (Å²) in [7, 11) is 4.08. The van der Waals surface area contributed by atoms with Gasteiger partial charge in [0.1, 0.15) is 0 Å². The smallest absolute Gasteiger partial charge is 0.00519 e. The summed E-state index contributed by atoms with van der Waals surface area (Å²) in [5, 5.41) is 6.42. The van der Waals surface area contributed by atoms with Crippen molar-refractivity contribution < 1.29 is 0 Å². The number of hydrogen-bond donors (Lipinski definition) is 2. The quantitative estimate of drug-likeness (QED) is 0.404. The van der Waals surface area contributed by atoms with E-state index in [1.807, 2.05) is 14.1 Å². The van der Waals surface area contributed by atoms with Crippen LogP contribution in [0, 0.1) is 0 Å². The molecule has 0 spiro atoms. The topological polar surface area (TPSA) is 24.1 Å². The first-order valence-electron chi connectivity index (χ1n) is 8.71. The molecule has 2 heteroatoms. The van der Waals surface area contributed by atoms with E-state index in [4.69, 9.17) is 0 Å². The molecule has 2 nitrogen and oxygen atoms in total. The zero-order valence-corrected chi connectivity index (χ0v) is 13.6. The SMILES string of the molecule is CNCCCCCCCCCCCCCCCNC. The number of rotatable bonds is 16. The third-order valence-electron chi connectivity index (χ3n) is 3.85. The minimum absolute atomic E-state index is 1.19. The number of hydrogen-bond acceptors (Lipinski definition) is 2. The number of nitrogens with one attached hydrogen (secondary N) is 2. The van der Waals surface area contributed by atoms with E-state index >= 15 is 0 Å². The van der Waals surface area contributed by atoms with Crippen molar-refractivity contribution in [2.75, 3.05) is 27.2 Å². The van der Waals surface area contributed by atoms with E-state index in [2.05, 4.69) is 10.6 Å². The van der Waals surface area contributed by atoms with E-state index in [9.17, 15) is 0 Å². The fraction of sp³-hybridized carbons (Fsp3) is 1.00. The molecule has 0 saturated carbocycles. The molecule has 0 aromatic heterocycles. The molecule has 0 aromatic carbocycles. The maximum atomic E-state index is 3.21. The maximum absolute atomic E-state index is 3.21. The lowest BCUT2D eigenvalue weighted by Gasteiger charge is -2.03. The molecule has 0 aromatic rings. The summed E-state index contributed by atoms with van der Waals surface area (Å²) < 4.78 is 0. The average Bonchev–Trinajstić information content (AvgIpc) is 2.43. The predicted molar refractivity (Wildman–Crippen MR) is 87.9 cm³/mol. The average molecular weight is 271 g/mol. The van der Waals surface area contributed by atoms with Crippen molar-refractivity contribution in [1.82, 2.24) is 10.6 Å². The van der Waals surface area contributed by atoms with Gasteiger partial charge in [0.2, 0.25) is 0 Å². The summed E-state index contributed by atoms with van der Waals surface area (Å²) in [6.07, 6.45) is 18.6. The second-order valence-electron chi connectivity index (χ2n) is 5.80. The molecule has 0 bridgehead atoms. The molecule has 116 valence electrons. The van der Waals surface area contributed by atoms with Crippen molar-refractivity contribution in [2.24, 2.45) is 0 Å². The van der Waals surface area contributed by atoms with Gasteiger partial charge < -0.3 is 10.6 Å². The van der Waals surface area contributed by atoms with Gasteiger partial charge in [0.05, 0.1) is 0 Å². The van der Waals surface area contributed by atoms with Crippen LogP contribution in [0.2, 0.25) is 0 Å². The molecule has 0 radical (unpaired) electrons. The molecule has 0 aliphatic carbocycles. The summed E-state index contributed by atoms with van der Waals surface area (Å²) in [6, 6.07) is 0. The largest absolute Gasteiger partial charge is 0.320 e. The molecular weight excluding hydrogens is 232 g/mol. The molecule has 0 fully saturated rings. The molecule has 0 saturated heterocycles. The Morgan fingerprint density at radius 1 is 0.368 bits per heavy atom. The summed E-state index contributed by atoms with van der Waals surface area (Å²) in [4.78, 5) is 0. The third kappa shape index (κ3) is 17.9. The monoisotopic (exact) mass is 270 g/mol. The van der Waals surface area contributed by atoms with Crippen LogP contribution in [0.5, 0.6) is 0 Å². The first-order chi connectivity index (χ1) is 9.41. The van der Waals surface area contributed by atoms with Crippen LogP contribution in [-0.2, 0) is 0 Å². The summed E-state index contributed by atoms with van der Waals surface area (Å²) in [5.74, 6) is 0. The molecule has 0 heterocycles. The molecule has 19 heavy (non-hydrogen) atoms. The molecule has 0 rings (SSSR count). The second kappa shape index (κ2) is 17.9. The fourth-order valence-electron chi connectivity index (χ4n) is 2.55. The van der Waals surface area contributed by atoms with Gasteiger partial charge in [0, 0.05) is 0 Å². The molecular formula is C17H38N2. The molecule has 0 aliphatic rings. The van der Waals surface area contributed by atoms with E-state index in [0.717, 1.165) is 0 Å². The lowest BCUT2D eigenvalue weighted by atomic mass is 10.0. The summed E-state index contributed by atoms with van der Waals surface area (Å²) >= 11 is 0. The lowest BCUT2D eigenvalue weighted by Crippen LogP contribution is -2.06. The molecule has 0 unspecified atom stereocenters. The van der Waals surface area contributed by atoms with Crippen LogP contribution in [0.15, 0.2) is 0 Å². The Kier molecular flexibility index (Phi) is 17.8. The Morgan fingerprint density at radius 2 is 0.579 bits per heavy atom. The predicted octanol–water partition coefficient (Wildman–Crippen LogP) is 4.50. The Hall–Kier alpha value is -0.0800. The van der Waals surface area contributed by atoms with Gasteiger partial charge in [-0.1, -0.05) is 70.6 Å². The molecule has 2 N–H and O–H groups in total. The van der Waals surface area contributed by atoms with Crippen molar-refractivity contribution in [2.45, 2.75) is 83.5 Å². The van der Waals surface area contributed by atoms with Crippen molar-refractivity contribution in [1.29, 1.82) is 0 Å². The minimum atomic E-state index is 1.19. The second-order valence-corrected chi connectivity index (χ2v) is 5.80. The van der Waals surface area contributed by atoms with Gasteiger partial charge >= 0.3 is 0 Å². The number of unbranched alkanes of at least 4 members (excludes halogenated alkanes) is 12. The van der Waals surface area contributed by atoms with Gasteiger partial charge in [-0.2, -0.15) is 0 Å². The maximum Gasteiger partial charge on any atom is -0.00519 e. The van der Waals surface area contributed by atoms with Crippen LogP contribution >= 0.6 is 0 Å². The molecule has 0 amide bonds. The first-order valence-corrected chi connectivity index (χ1v) is 8.71. The van der Waals surface area contributed by atoms with Crippen molar-refractivity contribution >= 4 is 0 Å². The minimum Gasteiger partial charge on any atom is -0.320 e. The van der Waals surface area contributed by atoms with Gasteiger partial charge in [-0.05, 0) is 40.0 Å². The highest BCUT2D eigenvalue weighted by molar-refractivity contribution is 4.50. The van der Waals surface area contributed by atoms with E-state index in [-0.39, 0.29) is 0 Å². The van der Waals surface area contributed by atoms with Crippen molar-refractivity contribution in [3.63, 3.8) is 0 Å². The zero-order chi connectivity index (χ0) is 14.0. The van der Waals surface area contributed by atoms with Gasteiger partial charge in [0.15, 0.2) is 0 Å². The van der Waals surface area contributed by atoms with Crippen LogP contribution in [0.3, 0.4) is 0 Å². The highest BCUT2D eigenvalue weighted by Gasteiger charge is 1.93. The molecule has 0 aliphatic heterocycles. The van der Waals surface area contributed by atoms with Gasteiger partial charge in [-0.15, -0.1) is 0 Å². The van der Waals surface area contributed by atoms with Gasteiger partial charge in [-0.3, -0.25) is 0 Å². The Bertz CT molecular complexity index is 132. The van der Waals surface area contributed by atoms with E-state index in [1.165, 1.54) is 96.6 Å². The van der Waals surface area contributed by atoms with E-state index in [1.54, 1.807) is 0 Å². The van der Waals surface area contributed by atoms with Crippen molar-refractivity contribution in [3.8, 4) is 0 Å². The van der Waals surface area contributed by atoms with Crippen LogP contribution in [0.4, 0.5) is 0 Å². The van der Waals surface area contributed by atoms with E-state index < -0.39 is 0 Å². The summed E-state index contributed by atoms with van der Waals surface area (Å²) in [6.45, 7) is 2.38.